The van der Waals surface area contributed by atoms with Crippen molar-refractivity contribution in [2.24, 2.45) is 0 Å². The molecule has 0 saturated heterocycles. The Kier molecular flexibility index (Phi) is 4.56. The highest BCUT2D eigenvalue weighted by Crippen LogP contribution is 2.24. The molecule has 0 fully saturated rings. The van der Waals surface area contributed by atoms with E-state index < -0.39 is 11.9 Å². The minimum absolute atomic E-state index is 0.104. The number of rotatable bonds is 4. The van der Waals surface area contributed by atoms with Crippen LogP contribution >= 0.6 is 11.6 Å². The van der Waals surface area contributed by atoms with E-state index in [9.17, 15) is 9.50 Å². The monoisotopic (exact) mass is 278 g/mol. The maximum atomic E-state index is 13.4. The first-order valence-corrected chi connectivity index (χ1v) is 6.69. The van der Waals surface area contributed by atoms with Crippen LogP contribution in [0.15, 0.2) is 42.5 Å². The molecule has 1 nitrogen and oxygen atoms in total. The standard InChI is InChI=1S/C16H16ClFO/c1-2-12-5-3-4-6-13(12)16(19)10-11-7-8-14(17)15(18)9-11/h3-9,16,19H,2,10H2,1H3. The smallest absolute Gasteiger partial charge is 0.142 e. The number of aliphatic hydroxyl groups excluding tert-OH is 1. The SMILES string of the molecule is CCc1ccccc1C(O)Cc1ccc(Cl)c(F)c1. The molecular formula is C16H16ClFO. The fourth-order valence-corrected chi connectivity index (χ4v) is 2.30. The maximum absolute atomic E-state index is 13.4. The summed E-state index contributed by atoms with van der Waals surface area (Å²) in [5.74, 6) is -0.449. The van der Waals surface area contributed by atoms with Crippen LogP contribution in [0.3, 0.4) is 0 Å². The Morgan fingerprint density at radius 1 is 1.21 bits per heavy atom. The number of halogens is 2. The Morgan fingerprint density at radius 2 is 1.95 bits per heavy atom. The molecule has 1 N–H and O–H groups in total. The van der Waals surface area contributed by atoms with Gasteiger partial charge in [0, 0.05) is 6.42 Å². The van der Waals surface area contributed by atoms with Gasteiger partial charge in [-0.1, -0.05) is 48.9 Å². The van der Waals surface area contributed by atoms with Gasteiger partial charge in [-0.15, -0.1) is 0 Å². The first kappa shape index (κ1) is 14.0. The zero-order valence-corrected chi connectivity index (χ0v) is 11.5. The molecule has 0 aliphatic rings. The van der Waals surface area contributed by atoms with E-state index in [2.05, 4.69) is 0 Å². The highest BCUT2D eigenvalue weighted by molar-refractivity contribution is 6.30. The molecule has 100 valence electrons. The van der Waals surface area contributed by atoms with Crippen LogP contribution in [0.2, 0.25) is 5.02 Å². The summed E-state index contributed by atoms with van der Waals surface area (Å²) < 4.78 is 13.4. The van der Waals surface area contributed by atoms with Crippen LogP contribution in [0.5, 0.6) is 0 Å². The molecule has 0 aromatic heterocycles. The highest BCUT2D eigenvalue weighted by Gasteiger charge is 2.12. The van der Waals surface area contributed by atoms with Crippen LogP contribution in [0.1, 0.15) is 29.7 Å². The molecule has 0 bridgehead atoms. The van der Waals surface area contributed by atoms with E-state index in [0.29, 0.717) is 6.42 Å². The average Bonchev–Trinajstić information content (AvgIpc) is 2.43. The quantitative estimate of drug-likeness (QED) is 0.883. The summed E-state index contributed by atoms with van der Waals surface area (Å²) in [5, 5.41) is 10.4. The number of aliphatic hydroxyl groups is 1. The molecule has 0 saturated carbocycles. The van der Waals surface area contributed by atoms with Crippen molar-refractivity contribution < 1.29 is 9.50 Å². The fourth-order valence-electron chi connectivity index (χ4n) is 2.18. The number of aryl methyl sites for hydroxylation is 1. The Morgan fingerprint density at radius 3 is 2.63 bits per heavy atom. The van der Waals surface area contributed by atoms with Gasteiger partial charge >= 0.3 is 0 Å². The molecule has 1 atom stereocenters. The van der Waals surface area contributed by atoms with Crippen molar-refractivity contribution in [1.82, 2.24) is 0 Å². The molecular weight excluding hydrogens is 263 g/mol. The second-order valence-corrected chi connectivity index (χ2v) is 4.93. The summed E-state index contributed by atoms with van der Waals surface area (Å²) in [5.41, 5.74) is 2.75. The molecule has 2 aromatic carbocycles. The summed E-state index contributed by atoms with van der Waals surface area (Å²) in [4.78, 5) is 0. The second-order valence-electron chi connectivity index (χ2n) is 4.52. The van der Waals surface area contributed by atoms with Gasteiger partial charge in [-0.3, -0.25) is 0 Å². The molecule has 0 aliphatic carbocycles. The summed E-state index contributed by atoms with van der Waals surface area (Å²) in [6, 6.07) is 12.4. The van der Waals surface area contributed by atoms with Crippen molar-refractivity contribution in [2.45, 2.75) is 25.9 Å². The van der Waals surface area contributed by atoms with Gasteiger partial charge in [-0.25, -0.2) is 4.39 Å². The molecule has 1 unspecified atom stereocenters. The van der Waals surface area contributed by atoms with Crippen molar-refractivity contribution in [2.75, 3.05) is 0 Å². The van der Waals surface area contributed by atoms with Crippen molar-refractivity contribution in [3.05, 3.63) is 70.0 Å². The summed E-state index contributed by atoms with van der Waals surface area (Å²) in [6.07, 6.45) is 0.615. The molecule has 3 heteroatoms. The van der Waals surface area contributed by atoms with Crippen molar-refractivity contribution >= 4 is 11.6 Å². The lowest BCUT2D eigenvalue weighted by Gasteiger charge is -2.15. The van der Waals surface area contributed by atoms with Gasteiger partial charge in [-0.2, -0.15) is 0 Å². The van der Waals surface area contributed by atoms with Gasteiger partial charge in [0.05, 0.1) is 11.1 Å². The topological polar surface area (TPSA) is 20.2 Å². The van der Waals surface area contributed by atoms with Crippen molar-refractivity contribution in [1.29, 1.82) is 0 Å². The number of hydrogen-bond donors (Lipinski definition) is 1. The van der Waals surface area contributed by atoms with Crippen LogP contribution < -0.4 is 0 Å². The molecule has 0 radical (unpaired) electrons. The Labute approximate surface area is 117 Å². The van der Waals surface area contributed by atoms with E-state index in [4.69, 9.17) is 11.6 Å². The Bertz CT molecular complexity index is 568. The molecule has 2 aromatic rings. The molecule has 0 spiro atoms. The Hall–Kier alpha value is -1.38. The summed E-state index contributed by atoms with van der Waals surface area (Å²) in [7, 11) is 0. The third-order valence-corrected chi connectivity index (χ3v) is 3.51. The highest BCUT2D eigenvalue weighted by atomic mass is 35.5. The number of hydrogen-bond acceptors (Lipinski definition) is 1. The summed E-state index contributed by atoms with van der Waals surface area (Å²) >= 11 is 5.64. The molecule has 0 heterocycles. The van der Waals surface area contributed by atoms with E-state index in [0.717, 1.165) is 23.1 Å². The number of benzene rings is 2. The van der Waals surface area contributed by atoms with E-state index in [1.54, 1.807) is 6.07 Å². The van der Waals surface area contributed by atoms with E-state index >= 15 is 0 Å². The van der Waals surface area contributed by atoms with Crippen LogP contribution in [0, 0.1) is 5.82 Å². The van der Waals surface area contributed by atoms with Gasteiger partial charge < -0.3 is 5.11 Å². The van der Waals surface area contributed by atoms with Crippen molar-refractivity contribution in [3.63, 3.8) is 0 Å². The zero-order valence-electron chi connectivity index (χ0n) is 10.7. The van der Waals surface area contributed by atoms with Crippen LogP contribution in [0.25, 0.3) is 0 Å². The van der Waals surface area contributed by atoms with Gasteiger partial charge in [0.15, 0.2) is 0 Å². The molecule has 0 aliphatic heterocycles. The first-order chi connectivity index (χ1) is 9.11. The third-order valence-electron chi connectivity index (χ3n) is 3.21. The predicted octanol–water partition coefficient (Wildman–Crippen LogP) is 4.32. The van der Waals surface area contributed by atoms with E-state index in [1.807, 2.05) is 31.2 Å². The Balaban J connectivity index is 2.20. The molecule has 2 rings (SSSR count). The zero-order chi connectivity index (χ0) is 13.8. The van der Waals surface area contributed by atoms with E-state index in [-0.39, 0.29) is 5.02 Å². The third kappa shape index (κ3) is 3.34. The normalized spacial score (nSPS) is 12.4. The molecule has 19 heavy (non-hydrogen) atoms. The van der Waals surface area contributed by atoms with Crippen LogP contribution in [-0.4, -0.2) is 5.11 Å². The first-order valence-electron chi connectivity index (χ1n) is 6.31. The van der Waals surface area contributed by atoms with Gasteiger partial charge in [-0.05, 0) is 35.2 Å². The van der Waals surface area contributed by atoms with Crippen LogP contribution in [0.4, 0.5) is 4.39 Å². The predicted molar refractivity (Wildman–Crippen MR) is 75.9 cm³/mol. The largest absolute Gasteiger partial charge is 0.388 e. The van der Waals surface area contributed by atoms with Gasteiger partial charge in [0.25, 0.3) is 0 Å². The average molecular weight is 279 g/mol. The van der Waals surface area contributed by atoms with E-state index in [1.165, 1.54) is 12.1 Å². The lowest BCUT2D eigenvalue weighted by atomic mass is 9.96. The minimum Gasteiger partial charge on any atom is -0.388 e. The second kappa shape index (κ2) is 6.18. The van der Waals surface area contributed by atoms with Gasteiger partial charge in [0.2, 0.25) is 0 Å². The maximum Gasteiger partial charge on any atom is 0.142 e. The lowest BCUT2D eigenvalue weighted by molar-refractivity contribution is 0.177. The van der Waals surface area contributed by atoms with Gasteiger partial charge in [0.1, 0.15) is 5.82 Å². The fraction of sp³-hybridized carbons (Fsp3) is 0.250. The van der Waals surface area contributed by atoms with Crippen molar-refractivity contribution in [3.8, 4) is 0 Å². The van der Waals surface area contributed by atoms with Crippen LogP contribution in [-0.2, 0) is 12.8 Å². The molecule has 0 amide bonds. The summed E-state index contributed by atoms with van der Waals surface area (Å²) in [6.45, 7) is 2.05. The lowest BCUT2D eigenvalue weighted by Crippen LogP contribution is -2.05. The minimum atomic E-state index is -0.628.